The standard InChI is InChI=1S/C15H21F3N4O2S/c1-21(25(23,24)12-2-3-12)10-11-5-8-22(9-6-11)14-19-7-4-13(20-14)15(16,17)18/h4,7,11-12H,2-3,5-6,8-10H2,1H3. The van der Waals surface area contributed by atoms with E-state index in [2.05, 4.69) is 9.97 Å². The Morgan fingerprint density at radius 1 is 1.24 bits per heavy atom. The van der Waals surface area contributed by atoms with Crippen molar-refractivity contribution in [2.75, 3.05) is 31.6 Å². The van der Waals surface area contributed by atoms with Crippen molar-refractivity contribution in [1.82, 2.24) is 14.3 Å². The number of nitrogens with zero attached hydrogens (tertiary/aromatic N) is 4. The minimum Gasteiger partial charge on any atom is -0.341 e. The van der Waals surface area contributed by atoms with Crippen LogP contribution in [-0.2, 0) is 16.2 Å². The van der Waals surface area contributed by atoms with Crippen molar-refractivity contribution in [3.8, 4) is 0 Å². The van der Waals surface area contributed by atoms with Gasteiger partial charge in [-0.3, -0.25) is 0 Å². The Morgan fingerprint density at radius 2 is 1.88 bits per heavy atom. The molecular weight excluding hydrogens is 357 g/mol. The van der Waals surface area contributed by atoms with Gasteiger partial charge in [-0.15, -0.1) is 0 Å². The molecule has 0 radical (unpaired) electrons. The predicted octanol–water partition coefficient (Wildman–Crippen LogP) is 2.14. The molecule has 1 aliphatic heterocycles. The van der Waals surface area contributed by atoms with Crippen LogP contribution in [0.2, 0.25) is 0 Å². The van der Waals surface area contributed by atoms with E-state index in [1.165, 1.54) is 4.31 Å². The molecule has 0 atom stereocenters. The van der Waals surface area contributed by atoms with Crippen molar-refractivity contribution in [2.24, 2.45) is 5.92 Å². The van der Waals surface area contributed by atoms with Crippen LogP contribution in [0.4, 0.5) is 19.1 Å². The molecule has 2 heterocycles. The van der Waals surface area contributed by atoms with Crippen LogP contribution in [0.25, 0.3) is 0 Å². The molecule has 1 saturated heterocycles. The minimum atomic E-state index is -4.49. The zero-order valence-electron chi connectivity index (χ0n) is 13.9. The van der Waals surface area contributed by atoms with Crippen molar-refractivity contribution in [3.05, 3.63) is 18.0 Å². The molecule has 0 aromatic carbocycles. The number of rotatable bonds is 5. The minimum absolute atomic E-state index is 0.0761. The Labute approximate surface area is 145 Å². The highest BCUT2D eigenvalue weighted by Crippen LogP contribution is 2.32. The molecule has 1 aromatic rings. The van der Waals surface area contributed by atoms with Gasteiger partial charge >= 0.3 is 6.18 Å². The van der Waals surface area contributed by atoms with Crippen molar-refractivity contribution in [1.29, 1.82) is 0 Å². The van der Waals surface area contributed by atoms with Crippen LogP contribution >= 0.6 is 0 Å². The van der Waals surface area contributed by atoms with Gasteiger partial charge in [0.25, 0.3) is 0 Å². The predicted molar refractivity (Wildman–Crippen MR) is 86.5 cm³/mol. The molecule has 1 aromatic heterocycles. The average Bonchev–Trinajstić information content (AvgIpc) is 3.40. The molecule has 1 aliphatic carbocycles. The highest BCUT2D eigenvalue weighted by molar-refractivity contribution is 7.90. The summed E-state index contributed by atoms with van der Waals surface area (Å²) in [5.74, 6) is 0.271. The number of piperidine rings is 1. The Bertz CT molecular complexity index is 714. The summed E-state index contributed by atoms with van der Waals surface area (Å²) < 4.78 is 64.0. The number of hydrogen-bond donors (Lipinski definition) is 0. The van der Waals surface area contributed by atoms with Crippen molar-refractivity contribution in [3.63, 3.8) is 0 Å². The summed E-state index contributed by atoms with van der Waals surface area (Å²) >= 11 is 0. The summed E-state index contributed by atoms with van der Waals surface area (Å²) in [5, 5.41) is -0.226. The van der Waals surface area contributed by atoms with E-state index in [0.29, 0.717) is 32.5 Å². The molecule has 0 unspecified atom stereocenters. The van der Waals surface area contributed by atoms with Gasteiger partial charge in [0.1, 0.15) is 5.69 Å². The molecule has 3 rings (SSSR count). The molecular formula is C15H21F3N4O2S. The molecule has 1 saturated carbocycles. The lowest BCUT2D eigenvalue weighted by molar-refractivity contribution is -0.141. The number of halogens is 3. The van der Waals surface area contributed by atoms with Gasteiger partial charge in [-0.05, 0) is 37.7 Å². The fourth-order valence-corrected chi connectivity index (χ4v) is 4.72. The summed E-state index contributed by atoms with van der Waals surface area (Å²) in [5.41, 5.74) is -0.949. The Hall–Kier alpha value is -1.42. The van der Waals surface area contributed by atoms with E-state index in [1.54, 1.807) is 11.9 Å². The largest absolute Gasteiger partial charge is 0.433 e. The summed E-state index contributed by atoms with van der Waals surface area (Å²) in [6, 6.07) is 0.855. The summed E-state index contributed by atoms with van der Waals surface area (Å²) in [4.78, 5) is 9.27. The molecule has 140 valence electrons. The second-order valence-electron chi connectivity index (χ2n) is 6.69. The van der Waals surface area contributed by atoms with E-state index < -0.39 is 21.9 Å². The van der Waals surface area contributed by atoms with E-state index in [4.69, 9.17) is 0 Å². The third kappa shape index (κ3) is 4.22. The topological polar surface area (TPSA) is 66.4 Å². The zero-order valence-corrected chi connectivity index (χ0v) is 14.7. The number of hydrogen-bond acceptors (Lipinski definition) is 5. The van der Waals surface area contributed by atoms with Crippen molar-refractivity contribution >= 4 is 16.0 Å². The Balaban J connectivity index is 1.57. The first-order valence-corrected chi connectivity index (χ1v) is 9.78. The number of sulfonamides is 1. The monoisotopic (exact) mass is 378 g/mol. The smallest absolute Gasteiger partial charge is 0.341 e. The first kappa shape index (κ1) is 18.4. The third-order valence-corrected chi connectivity index (χ3v) is 7.06. The van der Waals surface area contributed by atoms with E-state index in [0.717, 1.165) is 25.1 Å². The fraction of sp³-hybridized carbons (Fsp3) is 0.733. The molecule has 2 aliphatic rings. The van der Waals surface area contributed by atoms with Gasteiger partial charge in [-0.1, -0.05) is 0 Å². The number of alkyl halides is 3. The molecule has 10 heteroatoms. The SMILES string of the molecule is CN(CC1CCN(c2nccc(C(F)(F)F)n2)CC1)S(=O)(=O)C1CC1. The molecule has 0 bridgehead atoms. The molecule has 0 spiro atoms. The van der Waals surface area contributed by atoms with Crippen LogP contribution in [0.5, 0.6) is 0 Å². The second-order valence-corrected chi connectivity index (χ2v) is 9.01. The first-order chi connectivity index (χ1) is 11.7. The fourth-order valence-electron chi connectivity index (χ4n) is 3.06. The maximum atomic E-state index is 12.8. The lowest BCUT2D eigenvalue weighted by Crippen LogP contribution is -2.41. The lowest BCUT2D eigenvalue weighted by atomic mass is 9.97. The van der Waals surface area contributed by atoms with Crippen LogP contribution in [0.1, 0.15) is 31.4 Å². The van der Waals surface area contributed by atoms with Crippen LogP contribution in [-0.4, -0.2) is 54.6 Å². The van der Waals surface area contributed by atoms with Crippen molar-refractivity contribution < 1.29 is 21.6 Å². The van der Waals surface area contributed by atoms with Gasteiger partial charge in [-0.25, -0.2) is 22.7 Å². The summed E-state index contributed by atoms with van der Waals surface area (Å²) in [7, 11) is -1.58. The normalized spacial score (nSPS) is 20.3. The van der Waals surface area contributed by atoms with Gasteiger partial charge in [0, 0.05) is 32.9 Å². The van der Waals surface area contributed by atoms with E-state index in [9.17, 15) is 21.6 Å². The first-order valence-electron chi connectivity index (χ1n) is 8.28. The highest BCUT2D eigenvalue weighted by Gasteiger charge is 2.39. The summed E-state index contributed by atoms with van der Waals surface area (Å²) in [6.45, 7) is 1.49. The second kappa shape index (κ2) is 6.71. The van der Waals surface area contributed by atoms with Crippen LogP contribution in [0.3, 0.4) is 0 Å². The van der Waals surface area contributed by atoms with Crippen LogP contribution in [0, 0.1) is 5.92 Å². The van der Waals surface area contributed by atoms with Crippen LogP contribution < -0.4 is 4.90 Å². The van der Waals surface area contributed by atoms with E-state index >= 15 is 0 Å². The van der Waals surface area contributed by atoms with Gasteiger partial charge in [0.2, 0.25) is 16.0 Å². The third-order valence-electron chi connectivity index (χ3n) is 4.73. The maximum absolute atomic E-state index is 12.8. The maximum Gasteiger partial charge on any atom is 0.433 e. The van der Waals surface area contributed by atoms with E-state index in [-0.39, 0.29) is 17.1 Å². The van der Waals surface area contributed by atoms with Crippen molar-refractivity contribution in [2.45, 2.75) is 37.1 Å². The highest BCUT2D eigenvalue weighted by atomic mass is 32.2. The van der Waals surface area contributed by atoms with Gasteiger partial charge in [0.15, 0.2) is 0 Å². The van der Waals surface area contributed by atoms with Gasteiger partial charge in [0.05, 0.1) is 5.25 Å². The Kier molecular flexibility index (Phi) is 4.93. The van der Waals surface area contributed by atoms with Crippen LogP contribution in [0.15, 0.2) is 12.3 Å². The quantitative estimate of drug-likeness (QED) is 0.785. The lowest BCUT2D eigenvalue weighted by Gasteiger charge is -2.33. The molecule has 2 fully saturated rings. The molecule has 0 N–H and O–H groups in total. The number of anilines is 1. The Morgan fingerprint density at radius 3 is 2.44 bits per heavy atom. The zero-order chi connectivity index (χ0) is 18.2. The van der Waals surface area contributed by atoms with Gasteiger partial charge < -0.3 is 4.90 Å². The molecule has 25 heavy (non-hydrogen) atoms. The molecule has 0 amide bonds. The number of aromatic nitrogens is 2. The van der Waals surface area contributed by atoms with Gasteiger partial charge in [-0.2, -0.15) is 13.2 Å². The summed E-state index contributed by atoms with van der Waals surface area (Å²) in [6.07, 6.45) is -0.507. The van der Waals surface area contributed by atoms with E-state index in [1.807, 2.05) is 0 Å². The molecule has 6 nitrogen and oxygen atoms in total. The average molecular weight is 378 g/mol.